The van der Waals surface area contributed by atoms with Crippen molar-refractivity contribution in [1.82, 2.24) is 4.98 Å². The maximum Gasteiger partial charge on any atom is 0.286 e. The number of hydrogen-bond acceptors (Lipinski definition) is 1. The first-order valence-corrected chi connectivity index (χ1v) is 5.24. The lowest BCUT2D eigenvalue weighted by atomic mass is 9.89. The van der Waals surface area contributed by atoms with Gasteiger partial charge in [0.1, 0.15) is 5.69 Å². The molecule has 0 aliphatic rings. The minimum Gasteiger partial charge on any atom is -0.236 e. The summed E-state index contributed by atoms with van der Waals surface area (Å²) >= 11 is 0. The van der Waals surface area contributed by atoms with E-state index in [0.29, 0.717) is 0 Å². The van der Waals surface area contributed by atoms with Crippen LogP contribution in [0.3, 0.4) is 0 Å². The van der Waals surface area contributed by atoms with Crippen LogP contribution < -0.4 is 4.57 Å². The number of rotatable bonds is 0. The quantitative estimate of drug-likeness (QED) is 0.598. The highest BCUT2D eigenvalue weighted by Gasteiger charge is 2.24. The standard InChI is InChI=1S/C13H17N2/c1-13(2,3)12-10-7-5-6-8-11(10)14-9-15(12)4/h5-9H,1-4H3/q+1. The first-order chi connectivity index (χ1) is 7.00. The molecule has 0 N–H and O–H groups in total. The van der Waals surface area contributed by atoms with Gasteiger partial charge < -0.3 is 0 Å². The number of fused-ring (bicyclic) bond motifs is 1. The molecule has 0 unspecified atom stereocenters. The van der Waals surface area contributed by atoms with Gasteiger partial charge in [0, 0.05) is 5.41 Å². The second-order valence-corrected chi connectivity index (χ2v) is 4.97. The highest BCUT2D eigenvalue weighted by atomic mass is 15.0. The number of benzene rings is 1. The van der Waals surface area contributed by atoms with Gasteiger partial charge in [-0.05, 0) is 17.1 Å². The molecule has 0 amide bonds. The van der Waals surface area contributed by atoms with Crippen molar-refractivity contribution >= 4 is 10.9 Å². The molecule has 1 aromatic carbocycles. The average Bonchev–Trinajstić information content (AvgIpc) is 2.15. The Hall–Kier alpha value is -1.44. The van der Waals surface area contributed by atoms with Gasteiger partial charge in [0.25, 0.3) is 6.33 Å². The molecule has 2 nitrogen and oxygen atoms in total. The monoisotopic (exact) mass is 201 g/mol. The minimum atomic E-state index is 0.136. The van der Waals surface area contributed by atoms with Gasteiger partial charge >= 0.3 is 0 Å². The number of aromatic nitrogens is 2. The van der Waals surface area contributed by atoms with Crippen molar-refractivity contribution in [2.75, 3.05) is 0 Å². The summed E-state index contributed by atoms with van der Waals surface area (Å²) in [6, 6.07) is 8.30. The summed E-state index contributed by atoms with van der Waals surface area (Å²) < 4.78 is 2.11. The molecule has 2 aromatic rings. The molecule has 0 aliphatic carbocycles. The summed E-state index contributed by atoms with van der Waals surface area (Å²) in [5.74, 6) is 0. The van der Waals surface area contributed by atoms with Crippen LogP contribution in [0.25, 0.3) is 10.9 Å². The van der Waals surface area contributed by atoms with Crippen LogP contribution in [0, 0.1) is 0 Å². The molecular weight excluding hydrogens is 184 g/mol. The predicted molar refractivity (Wildman–Crippen MR) is 61.6 cm³/mol. The molecule has 0 bridgehead atoms. The molecule has 0 saturated heterocycles. The molecule has 2 rings (SSSR count). The van der Waals surface area contributed by atoms with E-state index in [0.717, 1.165) is 5.52 Å². The van der Waals surface area contributed by atoms with E-state index < -0.39 is 0 Å². The van der Waals surface area contributed by atoms with Crippen LogP contribution in [0.5, 0.6) is 0 Å². The van der Waals surface area contributed by atoms with E-state index in [-0.39, 0.29) is 5.41 Å². The second-order valence-electron chi connectivity index (χ2n) is 4.97. The molecule has 0 radical (unpaired) electrons. The predicted octanol–water partition coefficient (Wildman–Crippen LogP) is 2.36. The molecule has 2 heteroatoms. The van der Waals surface area contributed by atoms with E-state index in [1.807, 2.05) is 12.4 Å². The largest absolute Gasteiger partial charge is 0.286 e. The Kier molecular flexibility index (Phi) is 2.22. The lowest BCUT2D eigenvalue weighted by Gasteiger charge is -2.19. The van der Waals surface area contributed by atoms with Crippen molar-refractivity contribution in [2.45, 2.75) is 26.2 Å². The fraction of sp³-hybridized carbons (Fsp3) is 0.385. The summed E-state index contributed by atoms with van der Waals surface area (Å²) in [7, 11) is 2.06. The van der Waals surface area contributed by atoms with E-state index in [2.05, 4.69) is 55.6 Å². The van der Waals surface area contributed by atoms with Gasteiger partial charge in [-0.15, -0.1) is 0 Å². The van der Waals surface area contributed by atoms with Gasteiger partial charge in [0.2, 0.25) is 0 Å². The lowest BCUT2D eigenvalue weighted by Crippen LogP contribution is -2.40. The third-order valence-electron chi connectivity index (χ3n) is 2.59. The van der Waals surface area contributed by atoms with E-state index in [1.165, 1.54) is 11.1 Å². The highest BCUT2D eigenvalue weighted by Crippen LogP contribution is 2.25. The molecular formula is C13H17N2+. The molecule has 15 heavy (non-hydrogen) atoms. The molecule has 1 heterocycles. The van der Waals surface area contributed by atoms with Crippen LogP contribution in [0.15, 0.2) is 30.6 Å². The topological polar surface area (TPSA) is 16.8 Å². The van der Waals surface area contributed by atoms with Gasteiger partial charge in [0.15, 0.2) is 5.52 Å². The lowest BCUT2D eigenvalue weighted by molar-refractivity contribution is -0.683. The van der Waals surface area contributed by atoms with Gasteiger partial charge in [-0.25, -0.2) is 4.57 Å². The van der Waals surface area contributed by atoms with E-state index >= 15 is 0 Å². The zero-order valence-corrected chi connectivity index (χ0v) is 9.78. The van der Waals surface area contributed by atoms with Crippen molar-refractivity contribution in [3.8, 4) is 0 Å². The van der Waals surface area contributed by atoms with Crippen molar-refractivity contribution < 1.29 is 4.57 Å². The summed E-state index contributed by atoms with van der Waals surface area (Å²) in [6.45, 7) is 6.69. The number of para-hydroxylation sites is 1. The summed E-state index contributed by atoms with van der Waals surface area (Å²) in [6.07, 6.45) is 1.89. The smallest absolute Gasteiger partial charge is 0.236 e. The fourth-order valence-corrected chi connectivity index (χ4v) is 2.12. The Bertz CT molecular complexity index is 495. The minimum absolute atomic E-state index is 0.136. The Morgan fingerprint density at radius 1 is 1.13 bits per heavy atom. The van der Waals surface area contributed by atoms with Crippen molar-refractivity contribution in [3.63, 3.8) is 0 Å². The van der Waals surface area contributed by atoms with Crippen molar-refractivity contribution in [1.29, 1.82) is 0 Å². The molecule has 0 aliphatic heterocycles. The zero-order valence-electron chi connectivity index (χ0n) is 9.78. The number of hydrogen-bond donors (Lipinski definition) is 0. The highest BCUT2D eigenvalue weighted by molar-refractivity contribution is 5.80. The molecule has 78 valence electrons. The third kappa shape index (κ3) is 1.72. The maximum atomic E-state index is 4.42. The van der Waals surface area contributed by atoms with Crippen LogP contribution in [0.1, 0.15) is 26.5 Å². The Morgan fingerprint density at radius 3 is 2.47 bits per heavy atom. The second kappa shape index (κ2) is 3.30. The van der Waals surface area contributed by atoms with Crippen LogP contribution in [-0.4, -0.2) is 4.98 Å². The van der Waals surface area contributed by atoms with Crippen molar-refractivity contribution in [3.05, 3.63) is 36.3 Å². The molecule has 0 saturated carbocycles. The summed E-state index contributed by atoms with van der Waals surface area (Å²) in [4.78, 5) is 4.42. The van der Waals surface area contributed by atoms with E-state index in [4.69, 9.17) is 0 Å². The maximum absolute atomic E-state index is 4.42. The third-order valence-corrected chi connectivity index (χ3v) is 2.59. The van der Waals surface area contributed by atoms with E-state index in [9.17, 15) is 0 Å². The molecule has 1 aromatic heterocycles. The van der Waals surface area contributed by atoms with Crippen LogP contribution in [0.2, 0.25) is 0 Å². The first-order valence-electron chi connectivity index (χ1n) is 5.24. The van der Waals surface area contributed by atoms with Gasteiger partial charge in [0.05, 0.1) is 12.4 Å². The summed E-state index contributed by atoms with van der Waals surface area (Å²) in [5.41, 5.74) is 2.53. The number of aryl methyl sites for hydroxylation is 1. The molecule has 0 atom stereocenters. The molecule has 0 fully saturated rings. The van der Waals surface area contributed by atoms with Crippen LogP contribution in [-0.2, 0) is 12.5 Å². The zero-order chi connectivity index (χ0) is 11.1. The Morgan fingerprint density at radius 2 is 1.80 bits per heavy atom. The molecule has 0 spiro atoms. The normalized spacial score (nSPS) is 12.0. The summed E-state index contributed by atoms with van der Waals surface area (Å²) in [5, 5.41) is 1.25. The van der Waals surface area contributed by atoms with Gasteiger partial charge in [-0.2, -0.15) is 0 Å². The SMILES string of the molecule is C[n+]1cnc2ccccc2c1C(C)(C)C. The average molecular weight is 201 g/mol. The first kappa shape index (κ1) is 10.1. The Labute approximate surface area is 90.6 Å². The van der Waals surface area contributed by atoms with Gasteiger partial charge in [-0.1, -0.05) is 32.9 Å². The Balaban J connectivity index is 2.86. The number of nitrogens with zero attached hydrogens (tertiary/aromatic N) is 2. The van der Waals surface area contributed by atoms with Crippen LogP contribution >= 0.6 is 0 Å². The fourth-order valence-electron chi connectivity index (χ4n) is 2.12. The van der Waals surface area contributed by atoms with Crippen LogP contribution in [0.4, 0.5) is 0 Å². The van der Waals surface area contributed by atoms with Crippen molar-refractivity contribution in [2.24, 2.45) is 7.05 Å². The van der Waals surface area contributed by atoms with E-state index in [1.54, 1.807) is 0 Å². The van der Waals surface area contributed by atoms with Gasteiger partial charge in [-0.3, -0.25) is 0 Å².